The number of carbonyl (C=O) groups is 1. The van der Waals surface area contributed by atoms with Crippen LogP contribution in [-0.2, 0) is 19.0 Å². The fraction of sp³-hybridized carbons (Fsp3) is 0.500. The molecule has 2 saturated heterocycles. The van der Waals surface area contributed by atoms with E-state index in [0.29, 0.717) is 11.4 Å². The van der Waals surface area contributed by atoms with E-state index >= 15 is 0 Å². The zero-order chi connectivity index (χ0) is 17.3. The third-order valence-corrected chi connectivity index (χ3v) is 5.21. The van der Waals surface area contributed by atoms with Gasteiger partial charge in [0.25, 0.3) is 10.1 Å². The van der Waals surface area contributed by atoms with E-state index in [0.717, 1.165) is 24.4 Å². The van der Waals surface area contributed by atoms with Crippen molar-refractivity contribution >= 4 is 39.3 Å². The third-order valence-electron chi connectivity index (χ3n) is 3.68. The number of thioether (sulfide) groups is 1. The Balaban J connectivity index is 1.70. The van der Waals surface area contributed by atoms with Crippen LogP contribution in [0.15, 0.2) is 18.2 Å². The molecule has 0 radical (unpaired) electrons. The lowest BCUT2D eigenvalue weighted by molar-refractivity contribution is 0.107. The molecule has 2 fully saturated rings. The van der Waals surface area contributed by atoms with Crippen molar-refractivity contribution in [2.24, 2.45) is 0 Å². The first-order valence-electron chi connectivity index (χ1n) is 7.28. The second-order valence-electron chi connectivity index (χ2n) is 5.54. The molecule has 1 atom stereocenters. The number of hydrogen-bond acceptors (Lipinski definition) is 7. The Morgan fingerprint density at radius 3 is 2.88 bits per heavy atom. The highest BCUT2D eigenvalue weighted by Gasteiger charge is 2.33. The van der Waals surface area contributed by atoms with E-state index in [-0.39, 0.29) is 13.2 Å². The molecule has 1 aromatic rings. The second-order valence-corrected chi connectivity index (χ2v) is 8.26. The summed E-state index contributed by atoms with van der Waals surface area (Å²) in [5.41, 5.74) is 0.878. The standard InChI is InChI=1S/C14H17FN2O5S2/c1-24(19,20)21-8-11-7-17(14(18)22-11)10-2-3-13(12(15)6-10)16-4-5-23-9-16/h2-3,6,11H,4-5,7-9H2,1H3/t11-/m1/s1. The molecule has 0 spiro atoms. The van der Waals surface area contributed by atoms with Crippen molar-refractivity contribution in [1.29, 1.82) is 0 Å². The molecular weight excluding hydrogens is 359 g/mol. The number of cyclic esters (lactones) is 1. The van der Waals surface area contributed by atoms with Gasteiger partial charge in [0, 0.05) is 12.3 Å². The van der Waals surface area contributed by atoms with E-state index in [1.807, 2.05) is 4.90 Å². The van der Waals surface area contributed by atoms with Gasteiger partial charge in [-0.15, -0.1) is 11.8 Å². The summed E-state index contributed by atoms with van der Waals surface area (Å²) in [5.74, 6) is 1.30. The van der Waals surface area contributed by atoms with E-state index < -0.39 is 28.1 Å². The molecule has 24 heavy (non-hydrogen) atoms. The maximum Gasteiger partial charge on any atom is 0.414 e. The quantitative estimate of drug-likeness (QED) is 0.723. The molecule has 0 aromatic heterocycles. The number of amides is 1. The number of carbonyl (C=O) groups excluding carboxylic acids is 1. The van der Waals surface area contributed by atoms with Crippen LogP contribution in [0.4, 0.5) is 20.6 Å². The lowest BCUT2D eigenvalue weighted by atomic mass is 10.2. The fourth-order valence-corrected chi connectivity index (χ4v) is 3.91. The van der Waals surface area contributed by atoms with Crippen molar-refractivity contribution < 1.29 is 26.5 Å². The predicted octanol–water partition coefficient (Wildman–Crippen LogP) is 1.64. The summed E-state index contributed by atoms with van der Waals surface area (Å²) in [5, 5.41) is 0. The van der Waals surface area contributed by atoms with E-state index in [2.05, 4.69) is 4.18 Å². The number of nitrogens with zero attached hydrogens (tertiary/aromatic N) is 2. The summed E-state index contributed by atoms with van der Waals surface area (Å²) in [6.07, 6.45) is -0.447. The van der Waals surface area contributed by atoms with Crippen molar-refractivity contribution in [3.8, 4) is 0 Å². The maximum absolute atomic E-state index is 14.4. The van der Waals surface area contributed by atoms with E-state index in [1.54, 1.807) is 23.9 Å². The highest BCUT2D eigenvalue weighted by Crippen LogP contribution is 2.30. The minimum Gasteiger partial charge on any atom is -0.441 e. The van der Waals surface area contributed by atoms with Gasteiger partial charge in [-0.3, -0.25) is 9.08 Å². The molecule has 0 saturated carbocycles. The third kappa shape index (κ3) is 3.93. The molecule has 10 heteroatoms. The van der Waals surface area contributed by atoms with Gasteiger partial charge in [0.05, 0.1) is 30.1 Å². The molecule has 2 aliphatic heterocycles. The molecule has 0 aliphatic carbocycles. The van der Waals surface area contributed by atoms with Crippen molar-refractivity contribution in [1.82, 2.24) is 0 Å². The second kappa shape index (κ2) is 6.77. The summed E-state index contributed by atoms with van der Waals surface area (Å²) in [4.78, 5) is 15.1. The van der Waals surface area contributed by atoms with Crippen LogP contribution in [0.25, 0.3) is 0 Å². The van der Waals surface area contributed by atoms with E-state index in [4.69, 9.17) is 4.74 Å². The summed E-state index contributed by atoms with van der Waals surface area (Å²) < 4.78 is 46.0. The van der Waals surface area contributed by atoms with E-state index in [9.17, 15) is 17.6 Å². The molecular formula is C14H17FN2O5S2. The van der Waals surface area contributed by atoms with Crippen molar-refractivity contribution in [2.45, 2.75) is 6.10 Å². The minimum atomic E-state index is -3.61. The predicted molar refractivity (Wildman–Crippen MR) is 89.5 cm³/mol. The van der Waals surface area contributed by atoms with Crippen LogP contribution < -0.4 is 9.80 Å². The molecule has 2 aliphatic rings. The summed E-state index contributed by atoms with van der Waals surface area (Å²) in [6.45, 7) is 0.636. The average Bonchev–Trinajstić information content (AvgIpc) is 3.14. The normalized spacial score (nSPS) is 21.4. The number of hydrogen-bond donors (Lipinski definition) is 0. The van der Waals surface area contributed by atoms with Crippen LogP contribution in [0.3, 0.4) is 0 Å². The molecule has 3 rings (SSSR count). The average molecular weight is 376 g/mol. The summed E-state index contributed by atoms with van der Waals surface area (Å²) in [7, 11) is -3.61. The Labute approximate surface area is 143 Å². The van der Waals surface area contributed by atoms with Gasteiger partial charge >= 0.3 is 6.09 Å². The van der Waals surface area contributed by atoms with Crippen LogP contribution in [-0.4, -0.2) is 58.2 Å². The Morgan fingerprint density at radius 2 is 2.25 bits per heavy atom. The number of rotatable bonds is 5. The Bertz CT molecular complexity index is 737. The maximum atomic E-state index is 14.4. The van der Waals surface area contributed by atoms with Gasteiger partial charge in [-0.1, -0.05) is 0 Å². The van der Waals surface area contributed by atoms with Crippen LogP contribution in [0.2, 0.25) is 0 Å². The van der Waals surface area contributed by atoms with Crippen LogP contribution in [0, 0.1) is 5.82 Å². The number of anilines is 2. The molecule has 1 aromatic carbocycles. The monoisotopic (exact) mass is 376 g/mol. The highest BCUT2D eigenvalue weighted by molar-refractivity contribution is 7.99. The van der Waals surface area contributed by atoms with Crippen LogP contribution >= 0.6 is 11.8 Å². The van der Waals surface area contributed by atoms with Gasteiger partial charge in [-0.2, -0.15) is 8.42 Å². The van der Waals surface area contributed by atoms with Gasteiger partial charge in [0.15, 0.2) is 0 Å². The lowest BCUT2D eigenvalue weighted by Crippen LogP contribution is -2.27. The van der Waals surface area contributed by atoms with E-state index in [1.165, 1.54) is 11.0 Å². The Morgan fingerprint density at radius 1 is 1.46 bits per heavy atom. The first-order chi connectivity index (χ1) is 11.3. The van der Waals surface area contributed by atoms with Crippen molar-refractivity contribution in [3.63, 3.8) is 0 Å². The van der Waals surface area contributed by atoms with Crippen molar-refractivity contribution in [2.75, 3.05) is 47.4 Å². The lowest BCUT2D eigenvalue weighted by Gasteiger charge is -2.19. The number of ether oxygens (including phenoxy) is 1. The fourth-order valence-electron chi connectivity index (χ4n) is 2.54. The molecule has 2 heterocycles. The number of benzene rings is 1. The van der Waals surface area contributed by atoms with Gasteiger partial charge in [-0.25, -0.2) is 9.18 Å². The Kier molecular flexibility index (Phi) is 4.88. The minimum absolute atomic E-state index is 0.104. The first-order valence-corrected chi connectivity index (χ1v) is 10.3. The zero-order valence-electron chi connectivity index (χ0n) is 13.0. The topological polar surface area (TPSA) is 76.2 Å². The smallest absolute Gasteiger partial charge is 0.414 e. The summed E-state index contributed by atoms with van der Waals surface area (Å²) in [6, 6.07) is 4.59. The molecule has 132 valence electrons. The van der Waals surface area contributed by atoms with Crippen molar-refractivity contribution in [3.05, 3.63) is 24.0 Å². The first kappa shape index (κ1) is 17.3. The molecule has 0 N–H and O–H groups in total. The highest BCUT2D eigenvalue weighted by atomic mass is 32.2. The summed E-state index contributed by atoms with van der Waals surface area (Å²) >= 11 is 1.74. The molecule has 0 unspecified atom stereocenters. The molecule has 7 nitrogen and oxygen atoms in total. The number of halogens is 1. The SMILES string of the molecule is CS(=O)(=O)OC[C@H]1CN(c2ccc(N3CCSC3)c(F)c2)C(=O)O1. The van der Waals surface area contributed by atoms with Gasteiger partial charge < -0.3 is 9.64 Å². The van der Waals surface area contributed by atoms with Gasteiger partial charge in [0.1, 0.15) is 18.5 Å². The van der Waals surface area contributed by atoms with Gasteiger partial charge in [-0.05, 0) is 18.2 Å². The van der Waals surface area contributed by atoms with Crippen LogP contribution in [0.5, 0.6) is 0 Å². The largest absolute Gasteiger partial charge is 0.441 e. The Hall–Kier alpha value is -1.52. The van der Waals surface area contributed by atoms with Crippen LogP contribution in [0.1, 0.15) is 0 Å². The zero-order valence-corrected chi connectivity index (χ0v) is 14.6. The van der Waals surface area contributed by atoms with Gasteiger partial charge in [0.2, 0.25) is 0 Å². The molecule has 1 amide bonds. The molecule has 0 bridgehead atoms.